The molecular formula is C34H50N4O4. The molecule has 1 amide bonds. The predicted molar refractivity (Wildman–Crippen MR) is 166 cm³/mol. The Bertz CT molecular complexity index is 1360. The number of aliphatic hydroxyl groups is 2. The van der Waals surface area contributed by atoms with Gasteiger partial charge in [0.2, 0.25) is 0 Å². The minimum Gasteiger partial charge on any atom is -0.393 e. The molecule has 1 saturated heterocycles. The predicted octanol–water partition coefficient (Wildman–Crippen LogP) is 5.58. The monoisotopic (exact) mass is 578 g/mol. The SMILES string of the molecule is CCC(O)C1CCCCC1Cn1c(-c2cc(C(=O)NC(C)(C)C)c3ccccn23)cc(C(O)NC2CCOCC2)c1C. The van der Waals surface area contributed by atoms with Gasteiger partial charge in [-0.3, -0.25) is 10.1 Å². The zero-order valence-electron chi connectivity index (χ0n) is 26.0. The molecule has 3 aromatic heterocycles. The van der Waals surface area contributed by atoms with E-state index in [4.69, 9.17) is 4.74 Å². The number of rotatable bonds is 9. The van der Waals surface area contributed by atoms with Crippen LogP contribution in [-0.2, 0) is 11.3 Å². The summed E-state index contributed by atoms with van der Waals surface area (Å²) < 4.78 is 9.94. The van der Waals surface area contributed by atoms with E-state index in [2.05, 4.69) is 39.5 Å². The quantitative estimate of drug-likeness (QED) is 0.249. The van der Waals surface area contributed by atoms with Gasteiger partial charge >= 0.3 is 0 Å². The number of fused-ring (bicyclic) bond motifs is 1. The van der Waals surface area contributed by atoms with Crippen molar-refractivity contribution < 1.29 is 19.7 Å². The molecule has 2 fully saturated rings. The number of carbonyl (C=O) groups excluding carboxylic acids is 1. The zero-order valence-corrected chi connectivity index (χ0v) is 26.0. The van der Waals surface area contributed by atoms with E-state index in [1.807, 2.05) is 51.2 Å². The highest BCUT2D eigenvalue weighted by atomic mass is 16.5. The van der Waals surface area contributed by atoms with Crippen molar-refractivity contribution in [1.29, 1.82) is 0 Å². The number of aromatic nitrogens is 2. The fraction of sp³-hybridized carbons (Fsp3) is 0.618. The van der Waals surface area contributed by atoms with Crippen molar-refractivity contribution >= 4 is 11.4 Å². The molecule has 1 aliphatic heterocycles. The van der Waals surface area contributed by atoms with Crippen molar-refractivity contribution in [2.45, 2.75) is 110 Å². The second-order valence-electron chi connectivity index (χ2n) is 13.4. The number of nitrogens with one attached hydrogen (secondary N) is 2. The molecule has 4 heterocycles. The Kier molecular flexibility index (Phi) is 9.47. The van der Waals surface area contributed by atoms with Crippen molar-refractivity contribution in [1.82, 2.24) is 19.6 Å². The molecule has 0 radical (unpaired) electrons. The molecule has 8 nitrogen and oxygen atoms in total. The van der Waals surface area contributed by atoms with Gasteiger partial charge < -0.3 is 29.2 Å². The van der Waals surface area contributed by atoms with Crippen molar-refractivity contribution in [2.24, 2.45) is 11.8 Å². The topological polar surface area (TPSA) is 100 Å². The van der Waals surface area contributed by atoms with Crippen LogP contribution >= 0.6 is 0 Å². The van der Waals surface area contributed by atoms with Crippen molar-refractivity contribution in [3.05, 3.63) is 53.3 Å². The summed E-state index contributed by atoms with van der Waals surface area (Å²) in [4.78, 5) is 13.5. The summed E-state index contributed by atoms with van der Waals surface area (Å²) in [7, 11) is 0. The van der Waals surface area contributed by atoms with Crippen molar-refractivity contribution in [2.75, 3.05) is 13.2 Å². The van der Waals surface area contributed by atoms with E-state index in [0.29, 0.717) is 24.7 Å². The van der Waals surface area contributed by atoms with Crippen LogP contribution in [0.15, 0.2) is 36.5 Å². The van der Waals surface area contributed by atoms with E-state index in [0.717, 1.165) is 73.2 Å². The molecule has 4 atom stereocenters. The van der Waals surface area contributed by atoms with Crippen LogP contribution in [-0.4, -0.2) is 56.0 Å². The van der Waals surface area contributed by atoms with Crippen LogP contribution in [0.2, 0.25) is 0 Å². The average molecular weight is 579 g/mol. The van der Waals surface area contributed by atoms with E-state index in [1.165, 1.54) is 6.42 Å². The summed E-state index contributed by atoms with van der Waals surface area (Å²) in [6.07, 6.45) is 7.83. The Morgan fingerprint density at radius 3 is 2.52 bits per heavy atom. The molecule has 1 saturated carbocycles. The second-order valence-corrected chi connectivity index (χ2v) is 13.4. The molecule has 2 aliphatic rings. The smallest absolute Gasteiger partial charge is 0.253 e. The first-order chi connectivity index (χ1) is 20.1. The summed E-state index contributed by atoms with van der Waals surface area (Å²) >= 11 is 0. The van der Waals surface area contributed by atoms with Crippen LogP contribution in [0, 0.1) is 18.8 Å². The molecule has 0 aromatic carbocycles. The van der Waals surface area contributed by atoms with Gasteiger partial charge in [0.15, 0.2) is 0 Å². The number of pyridine rings is 1. The highest BCUT2D eigenvalue weighted by Gasteiger charge is 2.33. The maximum Gasteiger partial charge on any atom is 0.253 e. The second kappa shape index (κ2) is 12.9. The lowest BCUT2D eigenvalue weighted by molar-refractivity contribution is 0.0384. The van der Waals surface area contributed by atoms with Gasteiger partial charge in [0.05, 0.1) is 28.6 Å². The molecule has 230 valence electrons. The minimum atomic E-state index is -0.814. The number of hydrogen-bond donors (Lipinski definition) is 4. The summed E-state index contributed by atoms with van der Waals surface area (Å²) in [6.45, 7) is 12.3. The number of ether oxygens (including phenoxy) is 1. The van der Waals surface area contributed by atoms with E-state index >= 15 is 0 Å². The maximum atomic E-state index is 13.5. The average Bonchev–Trinajstić information content (AvgIpc) is 3.50. The van der Waals surface area contributed by atoms with Crippen LogP contribution in [0.3, 0.4) is 0 Å². The van der Waals surface area contributed by atoms with Crippen LogP contribution in [0.5, 0.6) is 0 Å². The van der Waals surface area contributed by atoms with E-state index in [1.54, 1.807) is 0 Å². The van der Waals surface area contributed by atoms with Gasteiger partial charge in [0.25, 0.3) is 5.91 Å². The first-order valence-electron chi connectivity index (χ1n) is 15.9. The number of hydrogen-bond acceptors (Lipinski definition) is 5. The Morgan fingerprint density at radius 2 is 1.81 bits per heavy atom. The molecule has 0 spiro atoms. The summed E-state index contributed by atoms with van der Waals surface area (Å²) in [5.41, 5.74) is 4.87. The molecule has 1 aliphatic carbocycles. The third kappa shape index (κ3) is 6.62. The van der Waals surface area contributed by atoms with Crippen molar-refractivity contribution in [3.63, 3.8) is 0 Å². The van der Waals surface area contributed by atoms with Crippen molar-refractivity contribution in [3.8, 4) is 11.4 Å². The fourth-order valence-corrected chi connectivity index (χ4v) is 7.01. The van der Waals surface area contributed by atoms with E-state index in [-0.39, 0.29) is 29.5 Å². The van der Waals surface area contributed by atoms with Gasteiger partial charge in [-0.25, -0.2) is 0 Å². The highest BCUT2D eigenvalue weighted by molar-refractivity contribution is 6.03. The normalized spacial score (nSPS) is 21.9. The third-order valence-electron chi connectivity index (χ3n) is 9.28. The minimum absolute atomic E-state index is 0.105. The molecule has 0 bridgehead atoms. The van der Waals surface area contributed by atoms with Gasteiger partial charge in [-0.2, -0.15) is 0 Å². The number of carbonyl (C=O) groups is 1. The summed E-state index contributed by atoms with van der Waals surface area (Å²) in [5.74, 6) is 0.485. The molecule has 3 aromatic rings. The lowest BCUT2D eigenvalue weighted by Crippen LogP contribution is -2.40. The van der Waals surface area contributed by atoms with Crippen LogP contribution in [0.4, 0.5) is 0 Å². The lowest BCUT2D eigenvalue weighted by atomic mass is 9.75. The Morgan fingerprint density at radius 1 is 1.07 bits per heavy atom. The van der Waals surface area contributed by atoms with Crippen LogP contribution in [0.1, 0.15) is 100 Å². The summed E-state index contributed by atoms with van der Waals surface area (Å²) in [5, 5.41) is 29.0. The molecular weight excluding hydrogens is 528 g/mol. The van der Waals surface area contributed by atoms with Gasteiger partial charge in [-0.05, 0) is 95.9 Å². The molecule has 8 heteroatoms. The first-order valence-corrected chi connectivity index (χ1v) is 15.9. The number of aliphatic hydroxyl groups excluding tert-OH is 2. The van der Waals surface area contributed by atoms with Gasteiger partial charge in [-0.1, -0.05) is 25.8 Å². The summed E-state index contributed by atoms with van der Waals surface area (Å²) in [6, 6.07) is 10.2. The van der Waals surface area contributed by atoms with Gasteiger partial charge in [-0.15, -0.1) is 0 Å². The van der Waals surface area contributed by atoms with E-state index < -0.39 is 6.23 Å². The molecule has 42 heavy (non-hydrogen) atoms. The Hall–Kier alpha value is -2.65. The lowest BCUT2D eigenvalue weighted by Gasteiger charge is -2.35. The van der Waals surface area contributed by atoms with Crippen LogP contribution in [0.25, 0.3) is 16.9 Å². The molecule has 4 N–H and O–H groups in total. The van der Waals surface area contributed by atoms with Gasteiger partial charge in [0.1, 0.15) is 6.23 Å². The zero-order chi connectivity index (χ0) is 30.0. The standard InChI is InChI=1S/C34H50N4O4/c1-6-31(39)25-12-8-7-11-23(25)21-38-22(2)26(32(40)35-24-14-17-42-18-15-24)19-30(38)29-20-27(33(41)36-34(3,4)5)28-13-9-10-16-37(28)29/h9-10,13,16,19-20,23-25,31-32,35,39-40H,6-8,11-12,14-15,17-18,21H2,1-5H3,(H,36,41). The third-order valence-corrected chi connectivity index (χ3v) is 9.28. The fourth-order valence-electron chi connectivity index (χ4n) is 7.01. The van der Waals surface area contributed by atoms with Crippen LogP contribution < -0.4 is 10.6 Å². The molecule has 4 unspecified atom stereocenters. The largest absolute Gasteiger partial charge is 0.393 e. The Labute approximate surface area is 250 Å². The number of nitrogens with zero attached hydrogens (tertiary/aromatic N) is 2. The first kappa shape index (κ1) is 30.8. The maximum absolute atomic E-state index is 13.5. The van der Waals surface area contributed by atoms with Gasteiger partial charge in [0, 0.05) is 48.8 Å². The number of amides is 1. The van der Waals surface area contributed by atoms with E-state index in [9.17, 15) is 15.0 Å². The molecule has 5 rings (SSSR count). The Balaban J connectivity index is 1.59. The highest BCUT2D eigenvalue weighted by Crippen LogP contribution is 2.38.